The van der Waals surface area contributed by atoms with Crippen molar-refractivity contribution in [3.05, 3.63) is 90.1 Å². The molecule has 160 valence electrons. The third-order valence-electron chi connectivity index (χ3n) is 6.27. The Bertz CT molecular complexity index is 1440. The molecule has 0 unspecified atom stereocenters. The predicted octanol–water partition coefficient (Wildman–Crippen LogP) is 7.46. The average Bonchev–Trinajstić information content (AvgIpc) is 3.12. The summed E-state index contributed by atoms with van der Waals surface area (Å²) in [5, 5.41) is 2.41. The lowest BCUT2D eigenvalue weighted by Gasteiger charge is -2.19. The van der Waals surface area contributed by atoms with Crippen LogP contribution in [0.1, 0.15) is 31.9 Å². The molecule has 32 heavy (non-hydrogen) atoms. The van der Waals surface area contributed by atoms with Gasteiger partial charge in [0.1, 0.15) is 11.6 Å². The van der Waals surface area contributed by atoms with Gasteiger partial charge in [-0.15, -0.1) is 0 Å². The summed E-state index contributed by atoms with van der Waals surface area (Å²) in [6.07, 6.45) is 2.00. The summed E-state index contributed by atoms with van der Waals surface area (Å²) >= 11 is 0. The number of nitrogens with zero attached hydrogens (tertiary/aromatic N) is 2. The molecule has 5 rings (SSSR count). The third kappa shape index (κ3) is 3.34. The molecule has 0 atom stereocenters. The molecule has 0 saturated carbocycles. The molecule has 0 radical (unpaired) electrons. The van der Waals surface area contributed by atoms with Gasteiger partial charge in [-0.3, -0.25) is 4.57 Å². The Morgan fingerprint density at radius 1 is 0.812 bits per heavy atom. The van der Waals surface area contributed by atoms with Crippen LogP contribution in [-0.2, 0) is 5.41 Å². The molecule has 0 N–H and O–H groups in total. The fourth-order valence-corrected chi connectivity index (χ4v) is 4.44. The van der Waals surface area contributed by atoms with Crippen molar-refractivity contribution in [2.45, 2.75) is 33.1 Å². The van der Waals surface area contributed by atoms with Gasteiger partial charge in [0.15, 0.2) is 0 Å². The number of aryl methyl sites for hydroxylation is 1. The summed E-state index contributed by atoms with van der Waals surface area (Å²) in [5.74, 6) is 1.76. The van der Waals surface area contributed by atoms with Gasteiger partial charge in [0.25, 0.3) is 0 Å². The van der Waals surface area contributed by atoms with E-state index in [9.17, 15) is 0 Å². The normalized spacial score (nSPS) is 11.9. The van der Waals surface area contributed by atoms with E-state index in [-0.39, 0.29) is 5.41 Å². The van der Waals surface area contributed by atoms with Crippen molar-refractivity contribution in [2.75, 3.05) is 7.11 Å². The molecule has 0 aliphatic heterocycles. The maximum absolute atomic E-state index is 5.51. The molecule has 3 aromatic carbocycles. The number of aromatic nitrogens is 2. The number of fused-ring (bicyclic) bond motifs is 3. The Hall–Kier alpha value is -3.59. The van der Waals surface area contributed by atoms with E-state index in [1.54, 1.807) is 7.11 Å². The first-order chi connectivity index (χ1) is 15.4. The number of pyridine rings is 1. The van der Waals surface area contributed by atoms with Gasteiger partial charge < -0.3 is 4.74 Å². The van der Waals surface area contributed by atoms with Crippen LogP contribution < -0.4 is 4.74 Å². The Morgan fingerprint density at radius 2 is 1.53 bits per heavy atom. The van der Waals surface area contributed by atoms with E-state index in [0.29, 0.717) is 0 Å². The van der Waals surface area contributed by atoms with Gasteiger partial charge in [-0.2, -0.15) is 0 Å². The average molecular weight is 421 g/mol. The van der Waals surface area contributed by atoms with Crippen LogP contribution in [0.2, 0.25) is 0 Å². The first-order valence-corrected chi connectivity index (χ1v) is 11.0. The van der Waals surface area contributed by atoms with Crippen LogP contribution in [0.25, 0.3) is 38.8 Å². The van der Waals surface area contributed by atoms with E-state index in [0.717, 1.165) is 28.2 Å². The molecule has 5 aromatic rings. The zero-order valence-electron chi connectivity index (χ0n) is 19.3. The van der Waals surface area contributed by atoms with Crippen LogP contribution in [0.5, 0.6) is 5.75 Å². The van der Waals surface area contributed by atoms with Gasteiger partial charge in [0.2, 0.25) is 0 Å². The van der Waals surface area contributed by atoms with Crippen LogP contribution in [-0.4, -0.2) is 16.7 Å². The molecule has 0 aliphatic rings. The van der Waals surface area contributed by atoms with Gasteiger partial charge >= 0.3 is 0 Å². The smallest absolute Gasteiger partial charge is 0.137 e. The number of benzene rings is 3. The fourth-order valence-electron chi connectivity index (χ4n) is 4.44. The largest absolute Gasteiger partial charge is 0.497 e. The molecule has 0 fully saturated rings. The second kappa shape index (κ2) is 7.52. The molecule has 2 heterocycles. The number of hydrogen-bond acceptors (Lipinski definition) is 2. The van der Waals surface area contributed by atoms with Crippen molar-refractivity contribution >= 4 is 21.8 Å². The summed E-state index contributed by atoms with van der Waals surface area (Å²) in [7, 11) is 1.70. The van der Waals surface area contributed by atoms with Gasteiger partial charge in [-0.1, -0.05) is 63.2 Å². The highest BCUT2D eigenvalue weighted by atomic mass is 16.5. The third-order valence-corrected chi connectivity index (χ3v) is 6.27. The molecular formula is C29H28N2O. The Morgan fingerprint density at radius 3 is 2.22 bits per heavy atom. The first kappa shape index (κ1) is 20.3. The van der Waals surface area contributed by atoms with Crippen molar-refractivity contribution < 1.29 is 4.74 Å². The van der Waals surface area contributed by atoms with Crippen molar-refractivity contribution in [1.29, 1.82) is 0 Å². The highest BCUT2D eigenvalue weighted by Gasteiger charge is 2.16. The van der Waals surface area contributed by atoms with E-state index in [1.165, 1.54) is 27.5 Å². The number of ether oxygens (including phenoxy) is 1. The van der Waals surface area contributed by atoms with Crippen LogP contribution >= 0.6 is 0 Å². The van der Waals surface area contributed by atoms with E-state index >= 15 is 0 Å². The standard InChI is InChI=1S/C29H28N2O/c1-19-16-28(30-18-25(19)20-10-12-21(13-11-20)29(2,3)4)31-26-9-7-6-8-23(26)24-15-14-22(32-5)17-27(24)31/h6-18H,1-5H3. The zero-order valence-corrected chi connectivity index (χ0v) is 19.3. The summed E-state index contributed by atoms with van der Waals surface area (Å²) < 4.78 is 7.74. The highest BCUT2D eigenvalue weighted by molar-refractivity contribution is 6.09. The van der Waals surface area contributed by atoms with Crippen LogP contribution in [0.4, 0.5) is 0 Å². The Labute approximate surface area is 189 Å². The minimum Gasteiger partial charge on any atom is -0.497 e. The van der Waals surface area contributed by atoms with E-state index in [1.807, 2.05) is 12.3 Å². The predicted molar refractivity (Wildman–Crippen MR) is 134 cm³/mol. The second-order valence-corrected chi connectivity index (χ2v) is 9.42. The number of para-hydroxylation sites is 1. The molecule has 0 amide bonds. The first-order valence-electron chi connectivity index (χ1n) is 11.0. The number of rotatable bonds is 3. The topological polar surface area (TPSA) is 27.1 Å². The SMILES string of the molecule is COc1ccc2c3ccccc3n(-c3cc(C)c(-c4ccc(C(C)(C)C)cc4)cn3)c2c1. The molecule has 0 saturated heterocycles. The quantitative estimate of drug-likeness (QED) is 0.303. The monoisotopic (exact) mass is 420 g/mol. The minimum absolute atomic E-state index is 0.146. The van der Waals surface area contributed by atoms with E-state index in [4.69, 9.17) is 9.72 Å². The second-order valence-electron chi connectivity index (χ2n) is 9.42. The van der Waals surface area contributed by atoms with Crippen molar-refractivity contribution in [2.24, 2.45) is 0 Å². The summed E-state index contributed by atoms with van der Waals surface area (Å²) in [6.45, 7) is 8.88. The van der Waals surface area contributed by atoms with Crippen LogP contribution in [0.3, 0.4) is 0 Å². The maximum atomic E-state index is 5.51. The van der Waals surface area contributed by atoms with E-state index in [2.05, 4.69) is 99.0 Å². The maximum Gasteiger partial charge on any atom is 0.137 e. The Balaban J connectivity index is 1.65. The van der Waals surface area contributed by atoms with E-state index < -0.39 is 0 Å². The Kier molecular flexibility index (Phi) is 4.78. The molecule has 0 aliphatic carbocycles. The van der Waals surface area contributed by atoms with Crippen molar-refractivity contribution in [3.8, 4) is 22.7 Å². The van der Waals surface area contributed by atoms with Crippen LogP contribution in [0.15, 0.2) is 79.0 Å². The van der Waals surface area contributed by atoms with Crippen LogP contribution in [0, 0.1) is 6.92 Å². The molecule has 3 nitrogen and oxygen atoms in total. The number of hydrogen-bond donors (Lipinski definition) is 0. The van der Waals surface area contributed by atoms with Gasteiger partial charge in [-0.05, 0) is 53.3 Å². The molecule has 3 heteroatoms. The lowest BCUT2D eigenvalue weighted by atomic mass is 9.86. The number of methoxy groups -OCH3 is 1. The highest BCUT2D eigenvalue weighted by Crippen LogP contribution is 2.35. The molecule has 0 spiro atoms. The van der Waals surface area contributed by atoms with Crippen molar-refractivity contribution in [3.63, 3.8) is 0 Å². The van der Waals surface area contributed by atoms with Gasteiger partial charge in [-0.25, -0.2) is 4.98 Å². The minimum atomic E-state index is 0.146. The lowest BCUT2D eigenvalue weighted by Crippen LogP contribution is -2.10. The summed E-state index contributed by atoms with van der Waals surface area (Å²) in [5.41, 5.74) is 7.28. The van der Waals surface area contributed by atoms with Gasteiger partial charge in [0.05, 0.1) is 18.1 Å². The van der Waals surface area contributed by atoms with Gasteiger partial charge in [0, 0.05) is 28.6 Å². The molecule has 2 aromatic heterocycles. The summed E-state index contributed by atoms with van der Waals surface area (Å²) in [4.78, 5) is 4.91. The molecule has 0 bridgehead atoms. The van der Waals surface area contributed by atoms with Crippen molar-refractivity contribution in [1.82, 2.24) is 9.55 Å². The molecular weight excluding hydrogens is 392 g/mol. The zero-order chi connectivity index (χ0) is 22.5. The summed E-state index contributed by atoms with van der Waals surface area (Å²) in [6, 6.07) is 25.7. The lowest BCUT2D eigenvalue weighted by molar-refractivity contribution is 0.415. The fraction of sp³-hybridized carbons (Fsp3) is 0.207.